The van der Waals surface area contributed by atoms with Crippen LogP contribution >= 0.6 is 12.2 Å². The Morgan fingerprint density at radius 3 is 2.73 bits per heavy atom. The van der Waals surface area contributed by atoms with Gasteiger partial charge in [0.25, 0.3) is 0 Å². The molecular formula is C8H15NOS. The van der Waals surface area contributed by atoms with Gasteiger partial charge in [-0.2, -0.15) is 0 Å². The van der Waals surface area contributed by atoms with Gasteiger partial charge >= 0.3 is 0 Å². The van der Waals surface area contributed by atoms with Gasteiger partial charge in [-0.1, -0.05) is 12.2 Å². The average molecular weight is 173 g/mol. The molecule has 2 N–H and O–H groups in total. The first-order valence-electron chi connectivity index (χ1n) is 4.19. The lowest BCUT2D eigenvalue weighted by Gasteiger charge is -2.25. The van der Waals surface area contributed by atoms with E-state index in [0.29, 0.717) is 11.1 Å². The van der Waals surface area contributed by atoms with Crippen LogP contribution in [-0.4, -0.2) is 17.7 Å². The van der Waals surface area contributed by atoms with Crippen LogP contribution in [0.1, 0.15) is 32.1 Å². The quantitative estimate of drug-likeness (QED) is 0.507. The fourth-order valence-electron chi connectivity index (χ4n) is 1.03. The average Bonchev–Trinajstić information content (AvgIpc) is 1.82. The zero-order valence-electron chi connectivity index (χ0n) is 6.71. The van der Waals surface area contributed by atoms with Crippen LogP contribution in [-0.2, 0) is 4.74 Å². The molecule has 0 aromatic heterocycles. The molecule has 0 heterocycles. The molecule has 0 radical (unpaired) electrons. The first-order chi connectivity index (χ1) is 5.29. The summed E-state index contributed by atoms with van der Waals surface area (Å²) >= 11 is 4.74. The third kappa shape index (κ3) is 3.68. The summed E-state index contributed by atoms with van der Waals surface area (Å²) in [6, 6.07) is 0. The van der Waals surface area contributed by atoms with E-state index in [1.54, 1.807) is 0 Å². The second-order valence-electron chi connectivity index (χ2n) is 2.99. The summed E-state index contributed by atoms with van der Waals surface area (Å²) in [6.07, 6.45) is 6.16. The van der Waals surface area contributed by atoms with E-state index in [4.69, 9.17) is 22.7 Å². The predicted molar refractivity (Wildman–Crippen MR) is 49.6 cm³/mol. The minimum atomic E-state index is 0.543. The molecule has 1 rings (SSSR count). The van der Waals surface area contributed by atoms with Crippen LogP contribution in [0.5, 0.6) is 0 Å². The fraction of sp³-hybridized carbons (Fsp3) is 0.875. The predicted octanol–water partition coefficient (Wildman–Crippen LogP) is 1.62. The first kappa shape index (κ1) is 8.94. The second-order valence-corrected chi connectivity index (χ2v) is 3.52. The molecule has 11 heavy (non-hydrogen) atoms. The highest BCUT2D eigenvalue weighted by Gasteiger charge is 2.16. The Hall–Kier alpha value is -0.150. The highest BCUT2D eigenvalue weighted by molar-refractivity contribution is 7.80. The zero-order chi connectivity index (χ0) is 8.10. The highest BCUT2D eigenvalue weighted by atomic mass is 32.1. The van der Waals surface area contributed by atoms with Crippen molar-refractivity contribution in [2.45, 2.75) is 38.2 Å². The van der Waals surface area contributed by atoms with Gasteiger partial charge in [-0.25, -0.2) is 0 Å². The molecule has 0 amide bonds. The summed E-state index contributed by atoms with van der Waals surface area (Å²) < 4.78 is 5.51. The standard InChI is InChI=1S/C8H15NOS/c9-8(11)5-2-6-10-7-3-1-4-7/h7H,1-6H2,(H2,9,11). The highest BCUT2D eigenvalue weighted by Crippen LogP contribution is 2.21. The topological polar surface area (TPSA) is 35.2 Å². The van der Waals surface area contributed by atoms with Crippen molar-refractivity contribution in [3.05, 3.63) is 0 Å². The SMILES string of the molecule is NC(=S)CCCOC1CCC1. The normalized spacial score (nSPS) is 17.8. The van der Waals surface area contributed by atoms with Crippen LogP contribution in [0.25, 0.3) is 0 Å². The zero-order valence-corrected chi connectivity index (χ0v) is 7.53. The van der Waals surface area contributed by atoms with Gasteiger partial charge < -0.3 is 10.5 Å². The third-order valence-electron chi connectivity index (χ3n) is 1.97. The van der Waals surface area contributed by atoms with Crippen LogP contribution in [0.2, 0.25) is 0 Å². The molecule has 0 aromatic carbocycles. The Morgan fingerprint density at radius 2 is 2.27 bits per heavy atom. The van der Waals surface area contributed by atoms with Crippen molar-refractivity contribution < 1.29 is 4.74 Å². The maximum atomic E-state index is 5.51. The lowest BCUT2D eigenvalue weighted by atomic mass is 9.96. The maximum Gasteiger partial charge on any atom is 0.0728 e. The summed E-state index contributed by atoms with van der Waals surface area (Å²) in [6.45, 7) is 0.821. The third-order valence-corrected chi connectivity index (χ3v) is 2.18. The maximum absolute atomic E-state index is 5.51. The van der Waals surface area contributed by atoms with Crippen LogP contribution in [0.15, 0.2) is 0 Å². The van der Waals surface area contributed by atoms with E-state index >= 15 is 0 Å². The molecule has 3 heteroatoms. The Bertz CT molecular complexity index is 134. The van der Waals surface area contributed by atoms with E-state index in [9.17, 15) is 0 Å². The lowest BCUT2D eigenvalue weighted by molar-refractivity contribution is 0.00201. The van der Waals surface area contributed by atoms with Gasteiger partial charge in [-0.05, 0) is 32.1 Å². The van der Waals surface area contributed by atoms with Gasteiger partial charge in [0.2, 0.25) is 0 Å². The molecule has 2 nitrogen and oxygen atoms in total. The van der Waals surface area contributed by atoms with E-state index in [1.165, 1.54) is 19.3 Å². The molecule has 0 aromatic rings. The summed E-state index contributed by atoms with van der Waals surface area (Å²) in [5.74, 6) is 0. The summed E-state index contributed by atoms with van der Waals surface area (Å²) in [7, 11) is 0. The molecule has 0 bridgehead atoms. The first-order valence-corrected chi connectivity index (χ1v) is 4.60. The Morgan fingerprint density at radius 1 is 1.55 bits per heavy atom. The van der Waals surface area contributed by atoms with Crippen molar-refractivity contribution in [3.63, 3.8) is 0 Å². The molecule has 0 aliphatic heterocycles. The van der Waals surface area contributed by atoms with Crippen molar-refractivity contribution >= 4 is 17.2 Å². The molecule has 1 aliphatic rings. The smallest absolute Gasteiger partial charge is 0.0728 e. The van der Waals surface area contributed by atoms with Crippen molar-refractivity contribution in [1.29, 1.82) is 0 Å². The molecular weight excluding hydrogens is 158 g/mol. The number of rotatable bonds is 5. The molecule has 0 unspecified atom stereocenters. The van der Waals surface area contributed by atoms with Crippen molar-refractivity contribution in [2.24, 2.45) is 5.73 Å². The Labute approximate surface area is 73.1 Å². The van der Waals surface area contributed by atoms with Gasteiger partial charge in [-0.15, -0.1) is 0 Å². The van der Waals surface area contributed by atoms with Crippen molar-refractivity contribution in [3.8, 4) is 0 Å². The number of hydrogen-bond acceptors (Lipinski definition) is 2. The lowest BCUT2D eigenvalue weighted by Crippen LogP contribution is -2.22. The summed E-state index contributed by atoms with van der Waals surface area (Å²) in [4.78, 5) is 0.599. The van der Waals surface area contributed by atoms with Gasteiger partial charge in [0, 0.05) is 6.61 Å². The van der Waals surface area contributed by atoms with Gasteiger partial charge in [-0.3, -0.25) is 0 Å². The van der Waals surface area contributed by atoms with Crippen LogP contribution in [0.3, 0.4) is 0 Å². The summed E-state index contributed by atoms with van der Waals surface area (Å²) in [5, 5.41) is 0. The second kappa shape index (κ2) is 4.67. The van der Waals surface area contributed by atoms with E-state index in [2.05, 4.69) is 0 Å². The molecule has 0 saturated heterocycles. The van der Waals surface area contributed by atoms with Gasteiger partial charge in [0.05, 0.1) is 11.1 Å². The molecule has 0 spiro atoms. The number of thiocarbonyl (C=S) groups is 1. The summed E-state index contributed by atoms with van der Waals surface area (Å²) in [5.41, 5.74) is 5.33. The molecule has 1 fully saturated rings. The van der Waals surface area contributed by atoms with E-state index in [0.717, 1.165) is 19.4 Å². The van der Waals surface area contributed by atoms with Gasteiger partial charge in [0.1, 0.15) is 0 Å². The molecule has 64 valence electrons. The van der Waals surface area contributed by atoms with Crippen LogP contribution in [0, 0.1) is 0 Å². The monoisotopic (exact) mass is 173 g/mol. The number of hydrogen-bond donors (Lipinski definition) is 1. The fourth-order valence-corrected chi connectivity index (χ4v) is 1.18. The van der Waals surface area contributed by atoms with Crippen molar-refractivity contribution in [2.75, 3.05) is 6.61 Å². The van der Waals surface area contributed by atoms with E-state index < -0.39 is 0 Å². The molecule has 1 saturated carbocycles. The minimum absolute atomic E-state index is 0.543. The van der Waals surface area contributed by atoms with E-state index in [1.807, 2.05) is 0 Å². The van der Waals surface area contributed by atoms with Crippen molar-refractivity contribution in [1.82, 2.24) is 0 Å². The molecule has 1 aliphatic carbocycles. The van der Waals surface area contributed by atoms with E-state index in [-0.39, 0.29) is 0 Å². The Balaban J connectivity index is 1.83. The number of nitrogens with two attached hydrogens (primary N) is 1. The molecule has 0 atom stereocenters. The minimum Gasteiger partial charge on any atom is -0.393 e. The van der Waals surface area contributed by atoms with Gasteiger partial charge in [0.15, 0.2) is 0 Å². The van der Waals surface area contributed by atoms with Crippen LogP contribution < -0.4 is 5.73 Å². The number of ether oxygens (including phenoxy) is 1. The Kier molecular flexibility index (Phi) is 3.80. The largest absolute Gasteiger partial charge is 0.393 e. The van der Waals surface area contributed by atoms with Crippen LogP contribution in [0.4, 0.5) is 0 Å².